The first-order valence-corrected chi connectivity index (χ1v) is 10.0. The summed E-state index contributed by atoms with van der Waals surface area (Å²) >= 11 is 6.05. The van der Waals surface area contributed by atoms with Gasteiger partial charge in [0.05, 0.1) is 17.0 Å². The number of halogens is 2. The highest BCUT2D eigenvalue weighted by atomic mass is 35.5. The van der Waals surface area contributed by atoms with E-state index in [-0.39, 0.29) is 5.52 Å². The number of nitrogens with zero attached hydrogens (tertiary/aromatic N) is 2. The Labute approximate surface area is 145 Å². The quantitative estimate of drug-likeness (QED) is 0.897. The predicted molar refractivity (Wildman–Crippen MR) is 94.3 cm³/mol. The maximum absolute atomic E-state index is 14.6. The Morgan fingerprint density at radius 1 is 1.33 bits per heavy atom. The van der Waals surface area contributed by atoms with Gasteiger partial charge in [-0.15, -0.1) is 0 Å². The van der Waals surface area contributed by atoms with E-state index in [4.69, 9.17) is 11.6 Å². The molecule has 8 heteroatoms. The van der Waals surface area contributed by atoms with Crippen LogP contribution in [0.15, 0.2) is 24.4 Å². The summed E-state index contributed by atoms with van der Waals surface area (Å²) in [5, 5.41) is 4.18. The lowest BCUT2D eigenvalue weighted by Gasteiger charge is -2.30. The number of rotatable bonds is 4. The monoisotopic (exact) mass is 371 g/mol. The van der Waals surface area contributed by atoms with Crippen molar-refractivity contribution in [1.29, 1.82) is 0 Å². The molecule has 1 aliphatic rings. The highest BCUT2D eigenvalue weighted by Crippen LogP contribution is 2.28. The summed E-state index contributed by atoms with van der Waals surface area (Å²) in [5.74, 6) is -0.103. The molecule has 1 saturated heterocycles. The number of hydrogen-bond donors (Lipinski definition) is 1. The van der Waals surface area contributed by atoms with Gasteiger partial charge in [-0.25, -0.2) is 17.1 Å². The summed E-state index contributed by atoms with van der Waals surface area (Å²) in [6.07, 6.45) is 4.24. The molecule has 0 saturated carbocycles. The van der Waals surface area contributed by atoms with Crippen molar-refractivity contribution in [3.05, 3.63) is 35.2 Å². The van der Waals surface area contributed by atoms with Gasteiger partial charge in [0.25, 0.3) is 0 Å². The molecule has 1 aromatic carbocycles. The van der Waals surface area contributed by atoms with Gasteiger partial charge in [-0.05, 0) is 37.0 Å². The molecule has 1 fully saturated rings. The van der Waals surface area contributed by atoms with Crippen LogP contribution in [0.25, 0.3) is 10.9 Å². The van der Waals surface area contributed by atoms with Gasteiger partial charge in [0, 0.05) is 31.2 Å². The maximum atomic E-state index is 14.6. The number of aromatic nitrogens is 1. The molecular weight excluding hydrogens is 353 g/mol. The van der Waals surface area contributed by atoms with Crippen molar-refractivity contribution in [2.75, 3.05) is 31.2 Å². The van der Waals surface area contributed by atoms with E-state index in [1.807, 2.05) is 0 Å². The third-order valence-corrected chi connectivity index (χ3v) is 6.05. The third kappa shape index (κ3) is 3.63. The number of nitrogens with one attached hydrogen (secondary N) is 1. The van der Waals surface area contributed by atoms with Crippen LogP contribution in [-0.4, -0.2) is 43.6 Å². The molecule has 0 amide bonds. The van der Waals surface area contributed by atoms with Gasteiger partial charge in [0.15, 0.2) is 5.82 Å². The Hall–Kier alpha value is -1.44. The van der Waals surface area contributed by atoms with E-state index < -0.39 is 15.8 Å². The fraction of sp³-hybridized carbons (Fsp3) is 0.438. The zero-order chi connectivity index (χ0) is 17.3. The minimum Gasteiger partial charge on any atom is -0.382 e. The molecule has 1 aromatic heterocycles. The van der Waals surface area contributed by atoms with Gasteiger partial charge in [-0.1, -0.05) is 11.6 Å². The molecule has 0 unspecified atom stereocenters. The van der Waals surface area contributed by atoms with E-state index in [2.05, 4.69) is 10.3 Å². The number of sulfonamides is 1. The number of anilines is 1. The molecule has 0 radical (unpaired) electrons. The largest absolute Gasteiger partial charge is 0.382 e. The summed E-state index contributed by atoms with van der Waals surface area (Å²) in [7, 11) is -3.12. The number of pyridine rings is 1. The lowest BCUT2D eigenvalue weighted by Crippen LogP contribution is -2.39. The molecule has 1 aliphatic heterocycles. The van der Waals surface area contributed by atoms with Gasteiger partial charge < -0.3 is 5.32 Å². The third-order valence-electron chi connectivity index (χ3n) is 4.42. The average molecular weight is 372 g/mol. The second-order valence-electron chi connectivity index (χ2n) is 6.10. The SMILES string of the molecule is CS(=O)(=O)N1CCC(CNc2ccc3c(Cl)ccnc3c2F)CC1. The van der Waals surface area contributed by atoms with Crippen LogP contribution in [0.2, 0.25) is 5.02 Å². The van der Waals surface area contributed by atoms with E-state index in [1.54, 1.807) is 18.2 Å². The van der Waals surface area contributed by atoms with Crippen molar-refractivity contribution in [3.63, 3.8) is 0 Å². The highest BCUT2D eigenvalue weighted by molar-refractivity contribution is 7.88. The fourth-order valence-corrected chi connectivity index (χ4v) is 4.07. The molecule has 5 nitrogen and oxygen atoms in total. The molecule has 24 heavy (non-hydrogen) atoms. The van der Waals surface area contributed by atoms with Crippen LogP contribution in [0.1, 0.15) is 12.8 Å². The normalized spacial score (nSPS) is 17.3. The van der Waals surface area contributed by atoms with Crippen molar-refractivity contribution >= 4 is 38.2 Å². The van der Waals surface area contributed by atoms with Crippen LogP contribution in [0.3, 0.4) is 0 Å². The van der Waals surface area contributed by atoms with Crippen LogP contribution in [-0.2, 0) is 10.0 Å². The molecule has 0 atom stereocenters. The molecule has 3 rings (SSSR count). The van der Waals surface area contributed by atoms with Crippen molar-refractivity contribution in [2.24, 2.45) is 5.92 Å². The Balaban J connectivity index is 1.66. The Bertz CT molecular complexity index is 852. The molecule has 2 heterocycles. The summed E-state index contributed by atoms with van der Waals surface area (Å²) in [6, 6.07) is 5.05. The molecule has 0 bridgehead atoms. The van der Waals surface area contributed by atoms with Crippen molar-refractivity contribution < 1.29 is 12.8 Å². The van der Waals surface area contributed by atoms with Gasteiger partial charge >= 0.3 is 0 Å². The van der Waals surface area contributed by atoms with E-state index in [0.29, 0.717) is 41.6 Å². The summed E-state index contributed by atoms with van der Waals surface area (Å²) in [6.45, 7) is 1.63. The molecule has 0 spiro atoms. The van der Waals surface area contributed by atoms with Gasteiger partial charge in [-0.3, -0.25) is 4.98 Å². The minimum atomic E-state index is -3.12. The number of fused-ring (bicyclic) bond motifs is 1. The molecular formula is C16H19ClFN3O2S. The lowest BCUT2D eigenvalue weighted by atomic mass is 9.98. The molecule has 130 valence electrons. The van der Waals surface area contributed by atoms with Crippen molar-refractivity contribution in [1.82, 2.24) is 9.29 Å². The summed E-state index contributed by atoms with van der Waals surface area (Å²) < 4.78 is 39.1. The highest BCUT2D eigenvalue weighted by Gasteiger charge is 2.24. The van der Waals surface area contributed by atoms with Crippen LogP contribution in [0, 0.1) is 11.7 Å². The van der Waals surface area contributed by atoms with Crippen molar-refractivity contribution in [2.45, 2.75) is 12.8 Å². The first kappa shape index (κ1) is 17.4. The smallest absolute Gasteiger partial charge is 0.211 e. The summed E-state index contributed by atoms with van der Waals surface area (Å²) in [5.41, 5.74) is 0.641. The predicted octanol–water partition coefficient (Wildman–Crippen LogP) is 3.11. The van der Waals surface area contributed by atoms with Gasteiger partial charge in [-0.2, -0.15) is 0 Å². The Morgan fingerprint density at radius 3 is 2.71 bits per heavy atom. The molecule has 2 aromatic rings. The van der Waals surface area contributed by atoms with E-state index >= 15 is 0 Å². The van der Waals surface area contributed by atoms with Crippen LogP contribution < -0.4 is 5.32 Å². The Kier molecular flexibility index (Phi) is 4.94. The fourth-order valence-electron chi connectivity index (χ4n) is 2.99. The topological polar surface area (TPSA) is 62.3 Å². The van der Waals surface area contributed by atoms with Crippen molar-refractivity contribution in [3.8, 4) is 0 Å². The van der Waals surface area contributed by atoms with E-state index in [1.165, 1.54) is 16.8 Å². The molecule has 1 N–H and O–H groups in total. The Morgan fingerprint density at radius 2 is 2.04 bits per heavy atom. The number of hydrogen-bond acceptors (Lipinski definition) is 4. The van der Waals surface area contributed by atoms with E-state index in [0.717, 1.165) is 12.8 Å². The van der Waals surface area contributed by atoms with Gasteiger partial charge in [0.1, 0.15) is 5.52 Å². The first-order valence-electron chi connectivity index (χ1n) is 7.78. The first-order chi connectivity index (χ1) is 11.4. The standard InChI is InChI=1S/C16H19ClFN3O2S/c1-24(22,23)21-8-5-11(6-9-21)10-20-14-3-2-12-13(17)4-7-19-16(12)15(14)18/h2-4,7,11,20H,5-6,8-10H2,1H3. The van der Waals surface area contributed by atoms with Crippen LogP contribution in [0.5, 0.6) is 0 Å². The zero-order valence-corrected chi connectivity index (χ0v) is 14.9. The van der Waals surface area contributed by atoms with Crippen LogP contribution >= 0.6 is 11.6 Å². The number of benzene rings is 1. The van der Waals surface area contributed by atoms with Crippen LogP contribution in [0.4, 0.5) is 10.1 Å². The molecule has 0 aliphatic carbocycles. The van der Waals surface area contributed by atoms with Gasteiger partial charge in [0.2, 0.25) is 10.0 Å². The second kappa shape index (κ2) is 6.82. The average Bonchev–Trinajstić information content (AvgIpc) is 2.54. The summed E-state index contributed by atoms with van der Waals surface area (Å²) in [4.78, 5) is 4.06. The second-order valence-corrected chi connectivity index (χ2v) is 8.49. The lowest BCUT2D eigenvalue weighted by molar-refractivity contribution is 0.283. The number of piperidine rings is 1. The maximum Gasteiger partial charge on any atom is 0.211 e. The minimum absolute atomic E-state index is 0.249. The van der Waals surface area contributed by atoms with E-state index in [9.17, 15) is 12.8 Å². The zero-order valence-electron chi connectivity index (χ0n) is 13.3.